The highest BCUT2D eigenvalue weighted by Crippen LogP contribution is 2.48. The number of halogens is 1. The van der Waals surface area contributed by atoms with Crippen LogP contribution in [0.1, 0.15) is 37.8 Å². The molecule has 2 aliphatic heterocycles. The third-order valence-electron chi connectivity index (χ3n) is 4.42. The second kappa shape index (κ2) is 4.98. The molecule has 3 unspecified atom stereocenters. The third-order valence-corrected chi connectivity index (χ3v) is 5.87. The van der Waals surface area contributed by atoms with Crippen molar-refractivity contribution in [2.75, 3.05) is 12.8 Å². The van der Waals surface area contributed by atoms with E-state index in [4.69, 9.17) is 4.74 Å². The van der Waals surface area contributed by atoms with Gasteiger partial charge in [0.05, 0.1) is 0 Å². The van der Waals surface area contributed by atoms with Crippen molar-refractivity contribution < 1.29 is 9.13 Å². The van der Waals surface area contributed by atoms with Gasteiger partial charge in [0.2, 0.25) is 0 Å². The highest BCUT2D eigenvalue weighted by atomic mass is 32.2. The van der Waals surface area contributed by atoms with Crippen LogP contribution in [0.2, 0.25) is 0 Å². The maximum atomic E-state index is 13.5. The summed E-state index contributed by atoms with van der Waals surface area (Å²) in [6.45, 7) is 2.24. The summed E-state index contributed by atoms with van der Waals surface area (Å²) in [6, 6.07) is 5.15. The number of nitrogens with one attached hydrogen (secondary N) is 1. The zero-order valence-corrected chi connectivity index (χ0v) is 12.2. The molecule has 1 saturated heterocycles. The second-order valence-electron chi connectivity index (χ2n) is 5.51. The van der Waals surface area contributed by atoms with Crippen molar-refractivity contribution in [2.24, 2.45) is 0 Å². The van der Waals surface area contributed by atoms with Crippen LogP contribution < -0.4 is 10.1 Å². The van der Waals surface area contributed by atoms with Crippen LogP contribution >= 0.6 is 11.8 Å². The van der Waals surface area contributed by atoms with Gasteiger partial charge in [-0.2, -0.15) is 11.8 Å². The fraction of sp³-hybridized carbons (Fsp3) is 0.600. The smallest absolute Gasteiger partial charge is 0.127 e. The highest BCUT2D eigenvalue weighted by molar-refractivity contribution is 8.00. The van der Waals surface area contributed by atoms with Gasteiger partial charge in [-0.3, -0.25) is 0 Å². The fourth-order valence-corrected chi connectivity index (χ4v) is 4.48. The zero-order chi connectivity index (χ0) is 13.5. The number of rotatable bonds is 1. The van der Waals surface area contributed by atoms with Gasteiger partial charge in [-0.25, -0.2) is 4.39 Å². The predicted molar refractivity (Wildman–Crippen MR) is 77.3 cm³/mol. The number of fused-ring (bicyclic) bond motifs is 1. The van der Waals surface area contributed by atoms with E-state index in [1.807, 2.05) is 24.9 Å². The molecule has 1 fully saturated rings. The van der Waals surface area contributed by atoms with Crippen molar-refractivity contribution >= 4 is 11.8 Å². The number of thioether (sulfide) groups is 1. The summed E-state index contributed by atoms with van der Waals surface area (Å²) in [5.41, 5.74) is 0.939. The molecule has 3 rings (SSSR count). The van der Waals surface area contributed by atoms with Crippen LogP contribution in [-0.2, 0) is 0 Å². The van der Waals surface area contributed by atoms with Gasteiger partial charge in [-0.1, -0.05) is 6.07 Å². The van der Waals surface area contributed by atoms with Gasteiger partial charge in [0.15, 0.2) is 0 Å². The average molecular weight is 281 g/mol. The fourth-order valence-electron chi connectivity index (χ4n) is 3.25. The molecule has 1 aromatic rings. The zero-order valence-electron chi connectivity index (χ0n) is 11.4. The highest BCUT2D eigenvalue weighted by Gasteiger charge is 2.46. The molecule has 0 aromatic heterocycles. The summed E-state index contributed by atoms with van der Waals surface area (Å²) in [5.74, 6) is 1.70. The van der Waals surface area contributed by atoms with E-state index in [1.54, 1.807) is 0 Å². The summed E-state index contributed by atoms with van der Waals surface area (Å²) in [6.07, 6.45) is 3.21. The molecule has 3 atom stereocenters. The first-order chi connectivity index (χ1) is 9.14. The Kier molecular flexibility index (Phi) is 3.48. The first-order valence-electron chi connectivity index (χ1n) is 6.92. The standard InChI is InChI=1S/C15H20FNOS/c1-10-15(6-3-7-19-10)9-13(17-2)12-5-4-11(16)8-14(12)18-15/h4-5,8,10,13,17H,3,6-7,9H2,1-2H3. The van der Waals surface area contributed by atoms with Crippen LogP contribution in [0.25, 0.3) is 0 Å². The van der Waals surface area contributed by atoms with E-state index in [0.29, 0.717) is 5.25 Å². The van der Waals surface area contributed by atoms with Gasteiger partial charge in [0.1, 0.15) is 17.2 Å². The number of hydrogen-bond acceptors (Lipinski definition) is 3. The van der Waals surface area contributed by atoms with Crippen LogP contribution in [-0.4, -0.2) is 23.7 Å². The Bertz CT molecular complexity index is 481. The van der Waals surface area contributed by atoms with Gasteiger partial charge in [0.25, 0.3) is 0 Å². The van der Waals surface area contributed by atoms with E-state index < -0.39 is 0 Å². The lowest BCUT2D eigenvalue weighted by Crippen LogP contribution is -2.51. The molecule has 104 valence electrons. The molecule has 1 spiro atoms. The lowest BCUT2D eigenvalue weighted by atomic mass is 9.81. The quantitative estimate of drug-likeness (QED) is 0.851. The van der Waals surface area contributed by atoms with Crippen molar-refractivity contribution in [3.05, 3.63) is 29.6 Å². The maximum Gasteiger partial charge on any atom is 0.127 e. The molecule has 0 amide bonds. The van der Waals surface area contributed by atoms with Gasteiger partial charge in [0, 0.05) is 29.3 Å². The van der Waals surface area contributed by atoms with Crippen molar-refractivity contribution in [1.29, 1.82) is 0 Å². The van der Waals surface area contributed by atoms with E-state index in [-0.39, 0.29) is 17.5 Å². The van der Waals surface area contributed by atoms with Crippen LogP contribution in [0.3, 0.4) is 0 Å². The average Bonchev–Trinajstić information content (AvgIpc) is 2.41. The van der Waals surface area contributed by atoms with Crippen molar-refractivity contribution in [3.8, 4) is 5.75 Å². The number of hydrogen-bond donors (Lipinski definition) is 1. The molecule has 2 nitrogen and oxygen atoms in total. The molecule has 0 saturated carbocycles. The van der Waals surface area contributed by atoms with E-state index >= 15 is 0 Å². The molecular weight excluding hydrogens is 261 g/mol. The van der Waals surface area contributed by atoms with Crippen molar-refractivity contribution in [3.63, 3.8) is 0 Å². The Morgan fingerprint density at radius 2 is 2.32 bits per heavy atom. The minimum absolute atomic E-state index is 0.141. The largest absolute Gasteiger partial charge is 0.486 e. The van der Waals surface area contributed by atoms with E-state index in [2.05, 4.69) is 12.2 Å². The summed E-state index contributed by atoms with van der Waals surface area (Å²) in [7, 11) is 1.97. The normalized spacial score (nSPS) is 33.8. The maximum absolute atomic E-state index is 13.5. The molecule has 19 heavy (non-hydrogen) atoms. The summed E-state index contributed by atoms with van der Waals surface area (Å²) in [5, 5.41) is 3.81. The molecular formula is C15H20FNOS. The van der Waals surface area contributed by atoms with Crippen molar-refractivity contribution in [2.45, 2.75) is 43.1 Å². The Balaban J connectivity index is 2.00. The molecule has 2 aliphatic rings. The Labute approximate surface area is 118 Å². The predicted octanol–water partition coefficient (Wildman–Crippen LogP) is 3.52. The molecule has 1 N–H and O–H groups in total. The SMILES string of the molecule is CNC1CC2(CCCSC2C)Oc2cc(F)ccc21. The molecule has 0 aliphatic carbocycles. The van der Waals surface area contributed by atoms with Gasteiger partial charge < -0.3 is 10.1 Å². The summed E-state index contributed by atoms with van der Waals surface area (Å²) in [4.78, 5) is 0. The van der Waals surface area contributed by atoms with E-state index in [9.17, 15) is 4.39 Å². The van der Waals surface area contributed by atoms with Gasteiger partial charge >= 0.3 is 0 Å². The van der Waals surface area contributed by atoms with Gasteiger partial charge in [-0.15, -0.1) is 0 Å². The second-order valence-corrected chi connectivity index (χ2v) is 6.96. The van der Waals surface area contributed by atoms with Crippen LogP contribution in [0.4, 0.5) is 4.39 Å². The van der Waals surface area contributed by atoms with E-state index in [0.717, 1.165) is 24.2 Å². The van der Waals surface area contributed by atoms with Crippen molar-refractivity contribution in [1.82, 2.24) is 5.32 Å². The Morgan fingerprint density at radius 3 is 3.05 bits per heavy atom. The Hall–Kier alpha value is -0.740. The molecule has 0 bridgehead atoms. The van der Waals surface area contributed by atoms with Gasteiger partial charge in [-0.05, 0) is 38.6 Å². The first kappa shape index (κ1) is 13.3. The van der Waals surface area contributed by atoms with Crippen LogP contribution in [0.15, 0.2) is 18.2 Å². The van der Waals surface area contributed by atoms with Crippen LogP contribution in [0.5, 0.6) is 5.75 Å². The molecule has 4 heteroatoms. The first-order valence-corrected chi connectivity index (χ1v) is 7.97. The minimum atomic E-state index is -0.221. The third kappa shape index (κ3) is 2.25. The molecule has 0 radical (unpaired) electrons. The summed E-state index contributed by atoms with van der Waals surface area (Å²) >= 11 is 1.97. The number of ether oxygens (including phenoxy) is 1. The van der Waals surface area contributed by atoms with Crippen LogP contribution in [0, 0.1) is 5.82 Å². The lowest BCUT2D eigenvalue weighted by Gasteiger charge is -2.47. The topological polar surface area (TPSA) is 21.3 Å². The minimum Gasteiger partial charge on any atom is -0.486 e. The number of benzene rings is 1. The van der Waals surface area contributed by atoms with E-state index in [1.165, 1.54) is 24.3 Å². The Morgan fingerprint density at radius 1 is 1.47 bits per heavy atom. The summed E-state index contributed by atoms with van der Waals surface area (Å²) < 4.78 is 19.8. The molecule has 1 aromatic carbocycles. The lowest BCUT2D eigenvalue weighted by molar-refractivity contribution is 0.0210. The monoisotopic (exact) mass is 281 g/mol. The molecule has 2 heterocycles.